The molecule has 0 aliphatic carbocycles. The zero-order valence-corrected chi connectivity index (χ0v) is 9.93. The zero-order chi connectivity index (χ0) is 10.6. The van der Waals surface area contributed by atoms with E-state index in [9.17, 15) is 0 Å². The molecule has 0 amide bonds. The van der Waals surface area contributed by atoms with Crippen LogP contribution < -0.4 is 0 Å². The third-order valence-electron chi connectivity index (χ3n) is 3.25. The highest BCUT2D eigenvalue weighted by molar-refractivity contribution is 5.30. The third kappa shape index (κ3) is 2.87. The van der Waals surface area contributed by atoms with Gasteiger partial charge < -0.3 is 0 Å². The second-order valence-corrected chi connectivity index (χ2v) is 4.31. The molecule has 0 saturated heterocycles. The Balaban J connectivity index is 2.72. The van der Waals surface area contributed by atoms with E-state index in [1.54, 1.807) is 0 Å². The molecule has 0 aliphatic rings. The molecule has 0 heteroatoms. The van der Waals surface area contributed by atoms with E-state index in [2.05, 4.69) is 45.9 Å². The van der Waals surface area contributed by atoms with Crippen LogP contribution in [0.1, 0.15) is 43.4 Å². The average molecular weight is 190 g/mol. The molecule has 78 valence electrons. The first-order valence-electron chi connectivity index (χ1n) is 5.73. The first kappa shape index (κ1) is 11.3. The molecule has 0 atom stereocenters. The standard InChI is InChI=1S/C14H22/c1-5-13(6-2)10-14-8-7-11(3)12(4)9-14/h7-9,13H,5-6,10H2,1-4H3. The Kier molecular flexibility index (Phi) is 4.19. The van der Waals surface area contributed by atoms with Gasteiger partial charge in [0.1, 0.15) is 0 Å². The Morgan fingerprint density at radius 3 is 2.14 bits per heavy atom. The summed E-state index contributed by atoms with van der Waals surface area (Å²) in [6.07, 6.45) is 3.83. The lowest BCUT2D eigenvalue weighted by atomic mass is 9.93. The van der Waals surface area contributed by atoms with Gasteiger partial charge in [0.2, 0.25) is 0 Å². The number of benzene rings is 1. The fourth-order valence-electron chi connectivity index (χ4n) is 1.84. The Bertz CT molecular complexity index is 282. The lowest BCUT2D eigenvalue weighted by Crippen LogP contribution is -2.01. The van der Waals surface area contributed by atoms with Gasteiger partial charge in [-0.05, 0) is 42.9 Å². The first-order chi connectivity index (χ1) is 6.67. The summed E-state index contributed by atoms with van der Waals surface area (Å²) in [4.78, 5) is 0. The van der Waals surface area contributed by atoms with Gasteiger partial charge in [-0.3, -0.25) is 0 Å². The van der Waals surface area contributed by atoms with Crippen molar-refractivity contribution in [1.82, 2.24) is 0 Å². The maximum absolute atomic E-state index is 2.34. The fourth-order valence-corrected chi connectivity index (χ4v) is 1.84. The van der Waals surface area contributed by atoms with Crippen molar-refractivity contribution in [2.75, 3.05) is 0 Å². The molecule has 0 N–H and O–H groups in total. The van der Waals surface area contributed by atoms with Crippen molar-refractivity contribution in [3.8, 4) is 0 Å². The second-order valence-electron chi connectivity index (χ2n) is 4.31. The van der Waals surface area contributed by atoms with Crippen molar-refractivity contribution in [2.45, 2.75) is 47.0 Å². The molecule has 0 unspecified atom stereocenters. The van der Waals surface area contributed by atoms with E-state index < -0.39 is 0 Å². The molecule has 14 heavy (non-hydrogen) atoms. The topological polar surface area (TPSA) is 0 Å². The van der Waals surface area contributed by atoms with Crippen LogP contribution in [0.5, 0.6) is 0 Å². The van der Waals surface area contributed by atoms with Gasteiger partial charge in [-0.25, -0.2) is 0 Å². The number of aryl methyl sites for hydroxylation is 2. The SMILES string of the molecule is CCC(CC)Cc1ccc(C)c(C)c1. The van der Waals surface area contributed by atoms with Gasteiger partial charge in [-0.15, -0.1) is 0 Å². The summed E-state index contributed by atoms with van der Waals surface area (Å²) in [5.74, 6) is 0.858. The van der Waals surface area contributed by atoms with Crippen LogP contribution in [0.2, 0.25) is 0 Å². The molecule has 1 rings (SSSR count). The van der Waals surface area contributed by atoms with Gasteiger partial charge >= 0.3 is 0 Å². The van der Waals surface area contributed by atoms with Crippen LogP contribution in [-0.4, -0.2) is 0 Å². The van der Waals surface area contributed by atoms with E-state index in [1.807, 2.05) is 0 Å². The molecular weight excluding hydrogens is 168 g/mol. The summed E-state index contributed by atoms with van der Waals surface area (Å²) < 4.78 is 0. The van der Waals surface area contributed by atoms with E-state index in [0.717, 1.165) is 5.92 Å². The molecule has 0 aliphatic heterocycles. The van der Waals surface area contributed by atoms with Gasteiger partial charge in [0.25, 0.3) is 0 Å². The maximum Gasteiger partial charge on any atom is -0.0250 e. The van der Waals surface area contributed by atoms with Crippen LogP contribution in [0.3, 0.4) is 0 Å². The molecule has 0 aromatic heterocycles. The van der Waals surface area contributed by atoms with Crippen LogP contribution in [0, 0.1) is 19.8 Å². The number of hydrogen-bond donors (Lipinski definition) is 0. The summed E-state index contributed by atoms with van der Waals surface area (Å²) in [5, 5.41) is 0. The monoisotopic (exact) mass is 190 g/mol. The summed E-state index contributed by atoms with van der Waals surface area (Å²) in [6.45, 7) is 8.95. The molecule has 0 nitrogen and oxygen atoms in total. The van der Waals surface area contributed by atoms with Gasteiger partial charge in [-0.2, -0.15) is 0 Å². The maximum atomic E-state index is 2.34. The molecule has 0 saturated carbocycles. The van der Waals surface area contributed by atoms with Gasteiger partial charge in [-0.1, -0.05) is 44.9 Å². The van der Waals surface area contributed by atoms with Crippen molar-refractivity contribution in [3.05, 3.63) is 34.9 Å². The lowest BCUT2D eigenvalue weighted by molar-refractivity contribution is 0.490. The summed E-state index contributed by atoms with van der Waals surface area (Å²) in [5.41, 5.74) is 4.33. The molecule has 0 fully saturated rings. The lowest BCUT2D eigenvalue weighted by Gasteiger charge is -2.13. The predicted octanol–water partition coefficient (Wildman–Crippen LogP) is 4.28. The fraction of sp³-hybridized carbons (Fsp3) is 0.571. The number of rotatable bonds is 4. The molecular formula is C14H22. The van der Waals surface area contributed by atoms with Crippen molar-refractivity contribution >= 4 is 0 Å². The Morgan fingerprint density at radius 2 is 1.64 bits per heavy atom. The summed E-state index contributed by atoms with van der Waals surface area (Å²) >= 11 is 0. The highest BCUT2D eigenvalue weighted by atomic mass is 14.1. The first-order valence-corrected chi connectivity index (χ1v) is 5.73. The van der Waals surface area contributed by atoms with Gasteiger partial charge in [0, 0.05) is 0 Å². The van der Waals surface area contributed by atoms with Crippen LogP contribution in [0.15, 0.2) is 18.2 Å². The molecule has 0 heterocycles. The normalized spacial score (nSPS) is 10.9. The van der Waals surface area contributed by atoms with E-state index >= 15 is 0 Å². The van der Waals surface area contributed by atoms with E-state index in [1.165, 1.54) is 36.0 Å². The summed E-state index contributed by atoms with van der Waals surface area (Å²) in [6, 6.07) is 6.86. The molecule has 1 aromatic rings. The minimum atomic E-state index is 0.858. The predicted molar refractivity (Wildman–Crippen MR) is 63.7 cm³/mol. The highest BCUT2D eigenvalue weighted by Gasteiger charge is 2.05. The van der Waals surface area contributed by atoms with Crippen LogP contribution >= 0.6 is 0 Å². The van der Waals surface area contributed by atoms with E-state index in [0.29, 0.717) is 0 Å². The van der Waals surface area contributed by atoms with Crippen molar-refractivity contribution in [2.24, 2.45) is 5.92 Å². The minimum absolute atomic E-state index is 0.858. The van der Waals surface area contributed by atoms with Gasteiger partial charge in [0.05, 0.1) is 0 Å². The van der Waals surface area contributed by atoms with Crippen LogP contribution in [-0.2, 0) is 6.42 Å². The quantitative estimate of drug-likeness (QED) is 0.664. The van der Waals surface area contributed by atoms with Crippen LogP contribution in [0.4, 0.5) is 0 Å². The zero-order valence-electron chi connectivity index (χ0n) is 9.93. The summed E-state index contributed by atoms with van der Waals surface area (Å²) in [7, 11) is 0. The van der Waals surface area contributed by atoms with E-state index in [-0.39, 0.29) is 0 Å². The highest BCUT2D eigenvalue weighted by Crippen LogP contribution is 2.17. The molecule has 0 radical (unpaired) electrons. The molecule has 0 spiro atoms. The second kappa shape index (κ2) is 5.19. The Labute approximate surface area is 88.4 Å². The van der Waals surface area contributed by atoms with Crippen molar-refractivity contribution in [1.29, 1.82) is 0 Å². The third-order valence-corrected chi connectivity index (χ3v) is 3.25. The van der Waals surface area contributed by atoms with Crippen molar-refractivity contribution < 1.29 is 0 Å². The van der Waals surface area contributed by atoms with E-state index in [4.69, 9.17) is 0 Å². The van der Waals surface area contributed by atoms with Crippen molar-refractivity contribution in [3.63, 3.8) is 0 Å². The molecule has 1 aromatic carbocycles. The molecule has 0 bridgehead atoms. The smallest absolute Gasteiger partial charge is 0.0250 e. The average Bonchev–Trinajstić information content (AvgIpc) is 2.19. The minimum Gasteiger partial charge on any atom is -0.0651 e. The largest absolute Gasteiger partial charge is 0.0651 e. The number of hydrogen-bond acceptors (Lipinski definition) is 0. The van der Waals surface area contributed by atoms with Gasteiger partial charge in [0.15, 0.2) is 0 Å². The van der Waals surface area contributed by atoms with Crippen LogP contribution in [0.25, 0.3) is 0 Å². The Morgan fingerprint density at radius 1 is 1.00 bits per heavy atom. The Hall–Kier alpha value is -0.780.